The van der Waals surface area contributed by atoms with E-state index in [0.29, 0.717) is 14.8 Å². The number of rotatable bonds is 2. The van der Waals surface area contributed by atoms with Gasteiger partial charge in [-0.2, -0.15) is 0 Å². The number of halogens is 1. The lowest BCUT2D eigenvalue weighted by molar-refractivity contribution is -0.113. The normalized spacial score (nSPS) is 16.6. The van der Waals surface area contributed by atoms with Gasteiger partial charge in [0, 0.05) is 0 Å². The van der Waals surface area contributed by atoms with E-state index in [0.717, 1.165) is 11.3 Å². The number of hydrogen-bond donors (Lipinski definition) is 0. The average molecular weight is 329 g/mol. The molecular weight excluding hydrogens is 317 g/mol. The van der Waals surface area contributed by atoms with Gasteiger partial charge in [-0.05, 0) is 42.3 Å². The van der Waals surface area contributed by atoms with Crippen molar-refractivity contribution in [2.45, 2.75) is 6.92 Å². The van der Waals surface area contributed by atoms with E-state index in [4.69, 9.17) is 12.2 Å². The molecule has 0 radical (unpaired) electrons. The Morgan fingerprint density at radius 2 is 1.95 bits per heavy atom. The molecule has 110 valence electrons. The molecule has 22 heavy (non-hydrogen) atoms. The van der Waals surface area contributed by atoms with E-state index in [-0.39, 0.29) is 11.7 Å². The lowest BCUT2D eigenvalue weighted by Gasteiger charge is -2.16. The van der Waals surface area contributed by atoms with Crippen LogP contribution >= 0.6 is 24.0 Å². The summed E-state index contributed by atoms with van der Waals surface area (Å²) in [5.41, 5.74) is 2.41. The fraction of sp³-hybridized carbons (Fsp3) is 0.0588. The van der Waals surface area contributed by atoms with E-state index in [2.05, 4.69) is 0 Å². The van der Waals surface area contributed by atoms with Crippen LogP contribution in [0.2, 0.25) is 0 Å². The second-order valence-corrected chi connectivity index (χ2v) is 6.53. The Morgan fingerprint density at radius 3 is 2.68 bits per heavy atom. The van der Waals surface area contributed by atoms with Crippen LogP contribution in [0.5, 0.6) is 0 Å². The van der Waals surface area contributed by atoms with Gasteiger partial charge in [0.2, 0.25) is 0 Å². The summed E-state index contributed by atoms with van der Waals surface area (Å²) in [6.45, 7) is 1.93. The quantitative estimate of drug-likeness (QED) is 0.596. The summed E-state index contributed by atoms with van der Waals surface area (Å²) in [4.78, 5) is 14.6. The molecule has 1 aliphatic heterocycles. The SMILES string of the molecule is Cc1ccccc1N1C(=O)C(=Cc2cccc(F)c2)SC1=S. The number of benzene rings is 2. The summed E-state index contributed by atoms with van der Waals surface area (Å²) in [5.74, 6) is -0.503. The summed E-state index contributed by atoms with van der Waals surface area (Å²) in [6, 6.07) is 13.7. The van der Waals surface area contributed by atoms with Gasteiger partial charge in [-0.25, -0.2) is 4.39 Å². The molecule has 1 fully saturated rings. The van der Waals surface area contributed by atoms with Crippen molar-refractivity contribution in [2.75, 3.05) is 4.90 Å². The fourth-order valence-corrected chi connectivity index (χ4v) is 3.52. The number of amides is 1. The molecule has 0 N–H and O–H groups in total. The van der Waals surface area contributed by atoms with Gasteiger partial charge in [0.1, 0.15) is 5.82 Å². The molecule has 5 heteroatoms. The first-order chi connectivity index (χ1) is 10.6. The second-order valence-electron chi connectivity index (χ2n) is 4.86. The van der Waals surface area contributed by atoms with Crippen molar-refractivity contribution in [3.63, 3.8) is 0 Å². The van der Waals surface area contributed by atoms with E-state index >= 15 is 0 Å². The highest BCUT2D eigenvalue weighted by Gasteiger charge is 2.33. The smallest absolute Gasteiger partial charge is 0.268 e. The maximum absolute atomic E-state index is 13.3. The minimum absolute atomic E-state index is 0.173. The molecule has 2 aromatic rings. The number of thiocarbonyl (C=S) groups is 1. The number of para-hydroxylation sites is 1. The van der Waals surface area contributed by atoms with Gasteiger partial charge in [0.05, 0.1) is 10.6 Å². The average Bonchev–Trinajstić information content (AvgIpc) is 2.74. The Labute approximate surface area is 137 Å². The number of carbonyl (C=O) groups is 1. The Kier molecular flexibility index (Phi) is 4.09. The molecule has 0 bridgehead atoms. The van der Waals surface area contributed by atoms with Crippen LogP contribution in [0.1, 0.15) is 11.1 Å². The van der Waals surface area contributed by atoms with Crippen molar-refractivity contribution < 1.29 is 9.18 Å². The van der Waals surface area contributed by atoms with Crippen LogP contribution in [0.25, 0.3) is 6.08 Å². The van der Waals surface area contributed by atoms with Crippen LogP contribution in [0.15, 0.2) is 53.4 Å². The van der Waals surface area contributed by atoms with Crippen LogP contribution in [0.3, 0.4) is 0 Å². The van der Waals surface area contributed by atoms with Crippen molar-refractivity contribution in [3.8, 4) is 0 Å². The van der Waals surface area contributed by atoms with Crippen molar-refractivity contribution in [1.29, 1.82) is 0 Å². The molecule has 0 aliphatic carbocycles. The number of hydrogen-bond acceptors (Lipinski definition) is 3. The van der Waals surface area contributed by atoms with E-state index in [1.807, 2.05) is 31.2 Å². The van der Waals surface area contributed by atoms with Crippen LogP contribution < -0.4 is 4.90 Å². The van der Waals surface area contributed by atoms with Gasteiger partial charge in [0.15, 0.2) is 4.32 Å². The topological polar surface area (TPSA) is 20.3 Å². The fourth-order valence-electron chi connectivity index (χ4n) is 2.24. The first-order valence-corrected chi connectivity index (χ1v) is 7.88. The number of carbonyl (C=O) groups excluding carboxylic acids is 1. The molecular formula is C17H12FNOS2. The number of aryl methyl sites for hydroxylation is 1. The van der Waals surface area contributed by atoms with Crippen molar-refractivity contribution in [1.82, 2.24) is 0 Å². The van der Waals surface area contributed by atoms with Gasteiger partial charge >= 0.3 is 0 Å². The van der Waals surface area contributed by atoms with Gasteiger partial charge in [-0.15, -0.1) is 0 Å². The highest BCUT2D eigenvalue weighted by Crippen LogP contribution is 2.37. The Hall–Kier alpha value is -1.98. The van der Waals surface area contributed by atoms with Gasteiger partial charge in [0.25, 0.3) is 5.91 Å². The van der Waals surface area contributed by atoms with Crippen molar-refractivity contribution in [2.24, 2.45) is 0 Å². The van der Waals surface area contributed by atoms with Crippen molar-refractivity contribution >= 4 is 46.0 Å². The monoisotopic (exact) mass is 329 g/mol. The molecule has 2 nitrogen and oxygen atoms in total. The van der Waals surface area contributed by atoms with Crippen LogP contribution in [0.4, 0.5) is 10.1 Å². The van der Waals surface area contributed by atoms with E-state index in [1.54, 1.807) is 18.2 Å². The predicted octanol–water partition coefficient (Wildman–Crippen LogP) is 4.54. The summed E-state index contributed by atoms with van der Waals surface area (Å²) in [5, 5.41) is 0. The van der Waals surface area contributed by atoms with Gasteiger partial charge < -0.3 is 0 Å². The summed E-state index contributed by atoms with van der Waals surface area (Å²) >= 11 is 6.56. The molecule has 0 atom stereocenters. The largest absolute Gasteiger partial charge is 0.270 e. The lowest BCUT2D eigenvalue weighted by Crippen LogP contribution is -2.28. The zero-order valence-corrected chi connectivity index (χ0v) is 13.4. The highest BCUT2D eigenvalue weighted by molar-refractivity contribution is 8.27. The minimum Gasteiger partial charge on any atom is -0.268 e. The Morgan fingerprint density at radius 1 is 1.18 bits per heavy atom. The van der Waals surface area contributed by atoms with Crippen LogP contribution in [-0.2, 0) is 4.79 Å². The molecule has 1 amide bonds. The van der Waals surface area contributed by atoms with E-state index < -0.39 is 0 Å². The zero-order chi connectivity index (χ0) is 15.7. The first-order valence-electron chi connectivity index (χ1n) is 6.65. The third kappa shape index (κ3) is 2.82. The first kappa shape index (κ1) is 14.9. The van der Waals surface area contributed by atoms with Gasteiger partial charge in [-0.1, -0.05) is 54.3 Å². The molecule has 1 aliphatic rings. The third-order valence-corrected chi connectivity index (χ3v) is 4.60. The molecule has 0 spiro atoms. The molecule has 3 rings (SSSR count). The molecule has 0 unspecified atom stereocenters. The summed E-state index contributed by atoms with van der Waals surface area (Å²) < 4.78 is 13.7. The number of anilines is 1. The summed E-state index contributed by atoms with van der Waals surface area (Å²) in [7, 11) is 0. The van der Waals surface area contributed by atoms with E-state index in [1.165, 1.54) is 28.8 Å². The van der Waals surface area contributed by atoms with Crippen LogP contribution in [0, 0.1) is 12.7 Å². The van der Waals surface area contributed by atoms with Crippen LogP contribution in [-0.4, -0.2) is 10.2 Å². The van der Waals surface area contributed by atoms with Crippen molar-refractivity contribution in [3.05, 3.63) is 70.4 Å². The maximum Gasteiger partial charge on any atom is 0.270 e. The van der Waals surface area contributed by atoms with Gasteiger partial charge in [-0.3, -0.25) is 9.69 Å². The number of thioether (sulfide) groups is 1. The molecule has 0 aromatic heterocycles. The molecule has 0 saturated carbocycles. The zero-order valence-electron chi connectivity index (χ0n) is 11.7. The van der Waals surface area contributed by atoms with E-state index in [9.17, 15) is 9.18 Å². The highest BCUT2D eigenvalue weighted by atomic mass is 32.2. The second kappa shape index (κ2) is 6.02. The standard InChI is InChI=1S/C17H12FNOS2/c1-11-5-2-3-8-14(11)19-16(20)15(22-17(19)21)10-12-6-4-7-13(18)9-12/h2-10H,1H3. The number of nitrogens with zero attached hydrogens (tertiary/aromatic N) is 1. The Bertz CT molecular complexity index is 801. The third-order valence-electron chi connectivity index (χ3n) is 3.30. The lowest BCUT2D eigenvalue weighted by atomic mass is 10.1. The minimum atomic E-state index is -0.330. The summed E-state index contributed by atoms with van der Waals surface area (Å²) in [6.07, 6.45) is 1.67. The molecule has 2 aromatic carbocycles. The molecule has 1 heterocycles. The Balaban J connectivity index is 1.97. The maximum atomic E-state index is 13.3. The predicted molar refractivity (Wildman–Crippen MR) is 93.2 cm³/mol. The molecule has 1 saturated heterocycles.